The quantitative estimate of drug-likeness (QED) is 0.695. The molecule has 0 fully saturated rings. The lowest BCUT2D eigenvalue weighted by atomic mass is 9.83. The number of carbonyl (C=O) groups is 1. The number of hydrogen-bond acceptors (Lipinski definition) is 4. The van der Waals surface area contributed by atoms with Gasteiger partial charge in [0.15, 0.2) is 0 Å². The second kappa shape index (κ2) is 6.51. The zero-order chi connectivity index (χ0) is 16.4. The SMILES string of the molecule is CC1(NC(=O)NCO)CC(c2cccs2)Oc2ccc(Br)cc21. The van der Waals surface area contributed by atoms with Crippen LogP contribution in [0.5, 0.6) is 5.75 Å². The minimum Gasteiger partial charge on any atom is -0.484 e. The van der Waals surface area contributed by atoms with Crippen molar-refractivity contribution in [2.75, 3.05) is 6.73 Å². The smallest absolute Gasteiger partial charge is 0.317 e. The zero-order valence-corrected chi connectivity index (χ0v) is 14.9. The van der Waals surface area contributed by atoms with Crippen LogP contribution in [0.25, 0.3) is 0 Å². The summed E-state index contributed by atoms with van der Waals surface area (Å²) in [6.07, 6.45) is 0.485. The van der Waals surface area contributed by atoms with E-state index in [2.05, 4.69) is 26.6 Å². The summed E-state index contributed by atoms with van der Waals surface area (Å²) in [5.74, 6) is 0.754. The van der Waals surface area contributed by atoms with E-state index < -0.39 is 18.3 Å². The number of nitrogens with one attached hydrogen (secondary N) is 2. The summed E-state index contributed by atoms with van der Waals surface area (Å²) >= 11 is 5.11. The first-order valence-corrected chi connectivity index (χ1v) is 8.86. The third kappa shape index (κ3) is 3.36. The predicted molar refractivity (Wildman–Crippen MR) is 92.6 cm³/mol. The van der Waals surface area contributed by atoms with E-state index in [9.17, 15) is 4.79 Å². The van der Waals surface area contributed by atoms with Crippen molar-refractivity contribution < 1.29 is 14.6 Å². The summed E-state index contributed by atoms with van der Waals surface area (Å²) in [5, 5.41) is 16.2. The molecule has 3 rings (SSSR count). The van der Waals surface area contributed by atoms with Gasteiger partial charge in [0, 0.05) is 21.3 Å². The summed E-state index contributed by atoms with van der Waals surface area (Å²) in [6, 6.07) is 9.40. The summed E-state index contributed by atoms with van der Waals surface area (Å²) in [6.45, 7) is 1.57. The molecule has 2 unspecified atom stereocenters. The van der Waals surface area contributed by atoms with Crippen molar-refractivity contribution in [2.24, 2.45) is 0 Å². The van der Waals surface area contributed by atoms with Gasteiger partial charge in [-0.05, 0) is 36.6 Å². The van der Waals surface area contributed by atoms with Crippen molar-refractivity contribution in [1.29, 1.82) is 0 Å². The van der Waals surface area contributed by atoms with E-state index in [1.54, 1.807) is 11.3 Å². The number of hydrogen-bond donors (Lipinski definition) is 3. The van der Waals surface area contributed by atoms with Crippen LogP contribution in [0.15, 0.2) is 40.2 Å². The normalized spacial score (nSPS) is 22.8. The number of urea groups is 1. The highest BCUT2D eigenvalue weighted by Gasteiger charge is 2.40. The Morgan fingerprint density at radius 1 is 1.52 bits per heavy atom. The minimum atomic E-state index is -0.606. The molecule has 2 amide bonds. The molecule has 7 heteroatoms. The Labute approximate surface area is 146 Å². The fourth-order valence-electron chi connectivity index (χ4n) is 2.83. The van der Waals surface area contributed by atoms with E-state index in [1.807, 2.05) is 42.6 Å². The van der Waals surface area contributed by atoms with Crippen LogP contribution in [-0.2, 0) is 5.54 Å². The van der Waals surface area contributed by atoms with E-state index in [0.717, 1.165) is 20.7 Å². The van der Waals surface area contributed by atoms with Gasteiger partial charge in [-0.3, -0.25) is 0 Å². The molecular formula is C16H17BrN2O3S. The molecule has 0 bridgehead atoms. The minimum absolute atomic E-state index is 0.122. The predicted octanol–water partition coefficient (Wildman–Crippen LogP) is 3.50. The van der Waals surface area contributed by atoms with Gasteiger partial charge in [0.2, 0.25) is 0 Å². The van der Waals surface area contributed by atoms with Crippen molar-refractivity contribution in [3.05, 3.63) is 50.6 Å². The first kappa shape index (κ1) is 16.3. The lowest BCUT2D eigenvalue weighted by Crippen LogP contribution is -2.51. The fraction of sp³-hybridized carbons (Fsp3) is 0.312. The summed E-state index contributed by atoms with van der Waals surface area (Å²) < 4.78 is 7.06. The van der Waals surface area contributed by atoms with Crippen molar-refractivity contribution in [3.63, 3.8) is 0 Å². The van der Waals surface area contributed by atoms with Crippen LogP contribution in [0.4, 0.5) is 4.79 Å². The molecule has 2 aromatic rings. The molecular weight excluding hydrogens is 380 g/mol. The Hall–Kier alpha value is -1.57. The van der Waals surface area contributed by atoms with Crippen molar-refractivity contribution >= 4 is 33.3 Å². The van der Waals surface area contributed by atoms with Gasteiger partial charge in [-0.2, -0.15) is 0 Å². The van der Waals surface area contributed by atoms with E-state index >= 15 is 0 Å². The van der Waals surface area contributed by atoms with Crippen LogP contribution >= 0.6 is 27.3 Å². The van der Waals surface area contributed by atoms with Gasteiger partial charge < -0.3 is 20.5 Å². The largest absolute Gasteiger partial charge is 0.484 e. The maximum absolute atomic E-state index is 12.0. The van der Waals surface area contributed by atoms with Crippen LogP contribution in [0.1, 0.15) is 29.9 Å². The van der Waals surface area contributed by atoms with Gasteiger partial charge in [0.25, 0.3) is 0 Å². The molecule has 1 aliphatic rings. The summed E-state index contributed by atoms with van der Waals surface area (Å²) in [5.41, 5.74) is 0.304. The van der Waals surface area contributed by atoms with Crippen LogP contribution < -0.4 is 15.4 Å². The van der Waals surface area contributed by atoms with Crippen LogP contribution in [0.3, 0.4) is 0 Å². The molecule has 2 heterocycles. The molecule has 1 aromatic heterocycles. The molecule has 122 valence electrons. The molecule has 0 radical (unpaired) electrons. The van der Waals surface area contributed by atoms with Crippen molar-refractivity contribution in [1.82, 2.24) is 10.6 Å². The lowest BCUT2D eigenvalue weighted by Gasteiger charge is -2.40. The number of benzene rings is 1. The van der Waals surface area contributed by atoms with E-state index in [0.29, 0.717) is 6.42 Å². The number of halogens is 1. The number of rotatable bonds is 3. The highest BCUT2D eigenvalue weighted by molar-refractivity contribution is 9.10. The molecule has 0 spiro atoms. The molecule has 1 aliphatic heterocycles. The van der Waals surface area contributed by atoms with Gasteiger partial charge in [-0.1, -0.05) is 22.0 Å². The Balaban J connectivity index is 1.98. The molecule has 3 N–H and O–H groups in total. The Kier molecular flexibility index (Phi) is 4.61. The third-order valence-corrected chi connectivity index (χ3v) is 5.35. The topological polar surface area (TPSA) is 70.6 Å². The summed E-state index contributed by atoms with van der Waals surface area (Å²) in [7, 11) is 0. The molecule has 0 saturated carbocycles. The van der Waals surface area contributed by atoms with E-state index in [-0.39, 0.29) is 6.10 Å². The van der Waals surface area contributed by atoms with Crippen LogP contribution in [-0.4, -0.2) is 17.9 Å². The average molecular weight is 397 g/mol. The second-order valence-corrected chi connectivity index (χ2v) is 7.48. The number of carbonyl (C=O) groups excluding carboxylic acids is 1. The van der Waals surface area contributed by atoms with Crippen molar-refractivity contribution in [3.8, 4) is 5.75 Å². The highest BCUT2D eigenvalue weighted by Crippen LogP contribution is 2.46. The molecule has 0 aliphatic carbocycles. The lowest BCUT2D eigenvalue weighted by molar-refractivity contribution is 0.117. The van der Waals surface area contributed by atoms with Crippen LogP contribution in [0.2, 0.25) is 0 Å². The molecule has 5 nitrogen and oxygen atoms in total. The second-order valence-electron chi connectivity index (χ2n) is 5.59. The summed E-state index contributed by atoms with van der Waals surface area (Å²) in [4.78, 5) is 13.1. The first-order chi connectivity index (χ1) is 11.0. The highest BCUT2D eigenvalue weighted by atomic mass is 79.9. The number of fused-ring (bicyclic) bond motifs is 1. The molecule has 23 heavy (non-hydrogen) atoms. The van der Waals surface area contributed by atoms with Crippen LogP contribution in [0, 0.1) is 0 Å². The Morgan fingerprint density at radius 2 is 2.35 bits per heavy atom. The number of aliphatic hydroxyl groups is 1. The molecule has 0 saturated heterocycles. The number of thiophene rings is 1. The van der Waals surface area contributed by atoms with E-state index in [1.165, 1.54) is 0 Å². The van der Waals surface area contributed by atoms with E-state index in [4.69, 9.17) is 9.84 Å². The Morgan fingerprint density at radius 3 is 3.04 bits per heavy atom. The van der Waals surface area contributed by atoms with Gasteiger partial charge in [-0.15, -0.1) is 11.3 Å². The average Bonchev–Trinajstić information content (AvgIpc) is 3.02. The standard InChI is InChI=1S/C16H17BrN2O3S/c1-16(19-15(21)18-9-20)8-13(14-3-2-6-23-14)22-12-5-4-10(17)7-11(12)16/h2-7,13,20H,8-9H2,1H3,(H2,18,19,21). The number of ether oxygens (including phenoxy) is 1. The number of amides is 2. The maximum Gasteiger partial charge on any atom is 0.317 e. The maximum atomic E-state index is 12.0. The van der Waals surface area contributed by atoms with Gasteiger partial charge in [0.1, 0.15) is 18.6 Å². The Bertz CT molecular complexity index is 707. The number of aliphatic hydroxyl groups excluding tert-OH is 1. The molecule has 1 aromatic carbocycles. The zero-order valence-electron chi connectivity index (χ0n) is 12.5. The molecule has 2 atom stereocenters. The third-order valence-electron chi connectivity index (χ3n) is 3.89. The van der Waals surface area contributed by atoms with Gasteiger partial charge in [0.05, 0.1) is 5.54 Å². The van der Waals surface area contributed by atoms with Gasteiger partial charge >= 0.3 is 6.03 Å². The monoisotopic (exact) mass is 396 g/mol. The first-order valence-electron chi connectivity index (χ1n) is 7.19. The van der Waals surface area contributed by atoms with Crippen molar-refractivity contribution in [2.45, 2.75) is 25.0 Å². The fourth-order valence-corrected chi connectivity index (χ4v) is 3.95. The van der Waals surface area contributed by atoms with Gasteiger partial charge in [-0.25, -0.2) is 4.79 Å².